The summed E-state index contributed by atoms with van der Waals surface area (Å²) in [4.78, 5) is 30.3. The van der Waals surface area contributed by atoms with Gasteiger partial charge in [-0.3, -0.25) is 14.2 Å². The molecule has 1 amide bonds. The second-order valence-corrected chi connectivity index (χ2v) is 7.40. The molecule has 140 valence electrons. The molecule has 0 bridgehead atoms. The van der Waals surface area contributed by atoms with E-state index in [1.165, 1.54) is 0 Å². The fourth-order valence-electron chi connectivity index (χ4n) is 3.68. The molecule has 3 heterocycles. The Morgan fingerprint density at radius 1 is 1.26 bits per heavy atom. The highest BCUT2D eigenvalue weighted by Crippen LogP contribution is 2.19. The Morgan fingerprint density at radius 2 is 2.11 bits per heavy atom. The molecule has 3 aromatic rings. The Labute approximate surface area is 161 Å². The average Bonchev–Trinajstić information content (AvgIpc) is 2.79. The maximum atomic E-state index is 13.1. The van der Waals surface area contributed by atoms with E-state index in [0.717, 1.165) is 37.2 Å². The number of aryl methyl sites for hydroxylation is 2. The van der Waals surface area contributed by atoms with Crippen molar-refractivity contribution in [3.63, 3.8) is 0 Å². The van der Waals surface area contributed by atoms with Gasteiger partial charge in [0.15, 0.2) is 0 Å². The Hall–Kier alpha value is -2.60. The number of hydrogen-bond donors (Lipinski definition) is 1. The molecule has 0 saturated heterocycles. The van der Waals surface area contributed by atoms with Crippen molar-refractivity contribution in [3.8, 4) is 0 Å². The van der Waals surface area contributed by atoms with Gasteiger partial charge < -0.3 is 9.88 Å². The summed E-state index contributed by atoms with van der Waals surface area (Å²) in [6.45, 7) is 2.64. The third-order valence-electron chi connectivity index (χ3n) is 4.98. The summed E-state index contributed by atoms with van der Waals surface area (Å²) in [6.07, 6.45) is 3.97. The van der Waals surface area contributed by atoms with Gasteiger partial charge in [0, 0.05) is 29.4 Å². The molecule has 6 nitrogen and oxygen atoms in total. The largest absolute Gasteiger partial charge is 0.330 e. The normalized spacial score (nSPS) is 14.0. The summed E-state index contributed by atoms with van der Waals surface area (Å²) < 4.78 is 3.53. The van der Waals surface area contributed by atoms with E-state index in [0.29, 0.717) is 28.3 Å². The molecule has 0 aliphatic carbocycles. The molecule has 0 atom stereocenters. The van der Waals surface area contributed by atoms with Crippen LogP contribution in [0.15, 0.2) is 35.1 Å². The van der Waals surface area contributed by atoms with Crippen LogP contribution in [0.1, 0.15) is 30.8 Å². The molecular formula is C20H21ClN4O2. The molecule has 0 saturated carbocycles. The Balaban J connectivity index is 1.69. The van der Waals surface area contributed by atoms with Gasteiger partial charge in [-0.25, -0.2) is 4.98 Å². The highest BCUT2D eigenvalue weighted by Gasteiger charge is 2.19. The smallest absolute Gasteiger partial charge is 0.278 e. The molecule has 7 heteroatoms. The monoisotopic (exact) mass is 384 g/mol. The first kappa shape index (κ1) is 17.8. The predicted octanol–water partition coefficient (Wildman–Crippen LogP) is 3.52. The van der Waals surface area contributed by atoms with E-state index in [4.69, 9.17) is 16.6 Å². The molecule has 1 aliphatic rings. The molecule has 27 heavy (non-hydrogen) atoms. The molecule has 0 unspecified atom stereocenters. The number of hydrogen-bond acceptors (Lipinski definition) is 3. The number of benzene rings is 1. The van der Waals surface area contributed by atoms with Gasteiger partial charge in [-0.1, -0.05) is 24.1 Å². The van der Waals surface area contributed by atoms with Crippen molar-refractivity contribution in [3.05, 3.63) is 57.2 Å². The molecule has 1 N–H and O–H groups in total. The van der Waals surface area contributed by atoms with Gasteiger partial charge in [-0.05, 0) is 44.0 Å². The fraction of sp³-hybridized carbons (Fsp3) is 0.350. The zero-order valence-corrected chi connectivity index (χ0v) is 15.9. The van der Waals surface area contributed by atoms with E-state index in [2.05, 4.69) is 5.32 Å². The van der Waals surface area contributed by atoms with Crippen LogP contribution >= 0.6 is 11.6 Å². The Morgan fingerprint density at radius 3 is 2.93 bits per heavy atom. The molecular weight excluding hydrogens is 364 g/mol. The maximum Gasteiger partial charge on any atom is 0.278 e. The van der Waals surface area contributed by atoms with Gasteiger partial charge in [0.25, 0.3) is 5.56 Å². The van der Waals surface area contributed by atoms with Crippen LogP contribution in [-0.4, -0.2) is 20.0 Å². The molecule has 4 rings (SSSR count). The predicted molar refractivity (Wildman–Crippen MR) is 106 cm³/mol. The minimum atomic E-state index is -0.211. The lowest BCUT2D eigenvalue weighted by Crippen LogP contribution is -2.28. The SMILES string of the molecule is Cc1cc2nc3n(c(=O)c2n1CC(=O)Nc1cccc(Cl)c1)CCCCC3. The molecule has 0 radical (unpaired) electrons. The van der Waals surface area contributed by atoms with Crippen molar-refractivity contribution in [2.45, 2.75) is 45.7 Å². The van der Waals surface area contributed by atoms with Crippen LogP contribution in [0.25, 0.3) is 11.0 Å². The van der Waals surface area contributed by atoms with Crippen LogP contribution in [0, 0.1) is 6.92 Å². The van der Waals surface area contributed by atoms with Crippen LogP contribution in [-0.2, 0) is 24.3 Å². The summed E-state index contributed by atoms with van der Waals surface area (Å²) in [7, 11) is 0. The second-order valence-electron chi connectivity index (χ2n) is 6.96. The zero-order chi connectivity index (χ0) is 19.0. The second kappa shape index (κ2) is 7.19. The summed E-state index contributed by atoms with van der Waals surface area (Å²) in [5.74, 6) is 0.641. The lowest BCUT2D eigenvalue weighted by Gasteiger charge is -2.12. The summed E-state index contributed by atoms with van der Waals surface area (Å²) >= 11 is 5.97. The minimum absolute atomic E-state index is 0.0537. The van der Waals surface area contributed by atoms with Crippen molar-refractivity contribution in [1.29, 1.82) is 0 Å². The van der Waals surface area contributed by atoms with Crippen molar-refractivity contribution in [2.24, 2.45) is 0 Å². The number of fused-ring (bicyclic) bond motifs is 2. The van der Waals surface area contributed by atoms with Crippen LogP contribution in [0.3, 0.4) is 0 Å². The van der Waals surface area contributed by atoms with Crippen molar-refractivity contribution in [2.75, 3.05) is 5.32 Å². The van der Waals surface area contributed by atoms with Crippen LogP contribution in [0.2, 0.25) is 5.02 Å². The first-order valence-corrected chi connectivity index (χ1v) is 9.56. The first-order valence-electron chi connectivity index (χ1n) is 9.18. The Kier molecular flexibility index (Phi) is 4.74. The molecule has 1 aromatic carbocycles. The summed E-state index contributed by atoms with van der Waals surface area (Å²) in [5.41, 5.74) is 2.59. The van der Waals surface area contributed by atoms with E-state index in [9.17, 15) is 9.59 Å². The van der Waals surface area contributed by atoms with Crippen molar-refractivity contribution >= 4 is 34.2 Å². The standard InChI is InChI=1S/C20H21ClN4O2/c1-13-10-16-19(20(27)24-9-4-2-3-8-17(24)23-16)25(13)12-18(26)22-15-7-5-6-14(21)11-15/h5-7,10-11H,2-4,8-9,12H2,1H3,(H,22,26). The van der Waals surface area contributed by atoms with E-state index in [-0.39, 0.29) is 18.0 Å². The minimum Gasteiger partial charge on any atom is -0.330 e. The molecule has 0 fully saturated rings. The van der Waals surface area contributed by atoms with Crippen LogP contribution in [0.5, 0.6) is 0 Å². The highest BCUT2D eigenvalue weighted by atomic mass is 35.5. The number of nitrogens with one attached hydrogen (secondary N) is 1. The molecule has 2 aromatic heterocycles. The van der Waals surface area contributed by atoms with Gasteiger partial charge >= 0.3 is 0 Å². The Bertz CT molecular complexity index is 1080. The number of anilines is 1. The summed E-state index contributed by atoms with van der Waals surface area (Å²) in [5, 5.41) is 3.39. The van der Waals surface area contributed by atoms with Crippen molar-refractivity contribution < 1.29 is 4.79 Å². The van der Waals surface area contributed by atoms with Gasteiger partial charge in [-0.2, -0.15) is 0 Å². The van der Waals surface area contributed by atoms with Gasteiger partial charge in [0.2, 0.25) is 5.91 Å². The third kappa shape index (κ3) is 3.49. The van der Waals surface area contributed by atoms with Crippen LogP contribution in [0.4, 0.5) is 5.69 Å². The number of amides is 1. The van der Waals surface area contributed by atoms with Gasteiger partial charge in [0.05, 0.1) is 5.52 Å². The van der Waals surface area contributed by atoms with Gasteiger partial charge in [0.1, 0.15) is 17.9 Å². The number of carbonyl (C=O) groups is 1. The number of aromatic nitrogens is 3. The first-order chi connectivity index (χ1) is 13.0. The lowest BCUT2D eigenvalue weighted by molar-refractivity contribution is -0.116. The molecule has 1 aliphatic heterocycles. The van der Waals surface area contributed by atoms with E-state index < -0.39 is 0 Å². The summed E-state index contributed by atoms with van der Waals surface area (Å²) in [6, 6.07) is 8.88. The van der Waals surface area contributed by atoms with E-state index >= 15 is 0 Å². The van der Waals surface area contributed by atoms with Gasteiger partial charge in [-0.15, -0.1) is 0 Å². The van der Waals surface area contributed by atoms with E-state index in [1.54, 1.807) is 33.4 Å². The van der Waals surface area contributed by atoms with Crippen LogP contribution < -0.4 is 10.9 Å². The van der Waals surface area contributed by atoms with E-state index in [1.807, 2.05) is 13.0 Å². The zero-order valence-electron chi connectivity index (χ0n) is 15.2. The lowest BCUT2D eigenvalue weighted by atomic mass is 10.2. The highest BCUT2D eigenvalue weighted by molar-refractivity contribution is 6.30. The topological polar surface area (TPSA) is 68.9 Å². The number of carbonyl (C=O) groups excluding carboxylic acids is 1. The van der Waals surface area contributed by atoms with Crippen molar-refractivity contribution in [1.82, 2.24) is 14.1 Å². The quantitative estimate of drug-likeness (QED) is 0.751. The third-order valence-corrected chi connectivity index (χ3v) is 5.22. The average molecular weight is 385 g/mol. The maximum absolute atomic E-state index is 13.1. The number of halogens is 1. The number of rotatable bonds is 3. The number of nitrogens with zero attached hydrogens (tertiary/aromatic N) is 3. The molecule has 0 spiro atoms. The fourth-order valence-corrected chi connectivity index (χ4v) is 3.87.